The lowest BCUT2D eigenvalue weighted by Gasteiger charge is -2.14. The molecular weight excluding hydrogens is 306 g/mol. The summed E-state index contributed by atoms with van der Waals surface area (Å²) in [6.07, 6.45) is 1.03. The number of nitrogens with zero attached hydrogens (tertiary/aromatic N) is 3. The van der Waals surface area contributed by atoms with Crippen LogP contribution in [0.25, 0.3) is 0 Å². The van der Waals surface area contributed by atoms with Crippen LogP contribution in [0.2, 0.25) is 0 Å². The van der Waals surface area contributed by atoms with Gasteiger partial charge in [0, 0.05) is 17.8 Å². The molecule has 23 heavy (non-hydrogen) atoms. The van der Waals surface area contributed by atoms with Crippen LogP contribution in [-0.4, -0.2) is 36.2 Å². The molecule has 1 heterocycles. The second-order valence-corrected chi connectivity index (χ2v) is 4.26. The lowest BCUT2D eigenvalue weighted by atomic mass is 10.2. The van der Waals surface area contributed by atoms with Gasteiger partial charge in [0.2, 0.25) is 17.5 Å². The summed E-state index contributed by atoms with van der Waals surface area (Å²) in [7, 11) is 4.40. The van der Waals surface area contributed by atoms with Gasteiger partial charge in [-0.3, -0.25) is 10.1 Å². The molecule has 0 saturated heterocycles. The summed E-state index contributed by atoms with van der Waals surface area (Å²) in [5.41, 5.74) is 5.62. The Kier molecular flexibility index (Phi) is 4.64. The highest BCUT2D eigenvalue weighted by atomic mass is 16.6. The molecule has 0 unspecified atom stereocenters. The number of nitro groups is 1. The van der Waals surface area contributed by atoms with E-state index in [9.17, 15) is 10.1 Å². The fraction of sp³-hybridized carbons (Fsp3) is 0.231. The largest absolute Gasteiger partial charge is 0.493 e. The molecule has 0 aliphatic rings. The van der Waals surface area contributed by atoms with E-state index < -0.39 is 4.92 Å². The molecule has 2 aromatic rings. The van der Waals surface area contributed by atoms with Crippen LogP contribution in [0.1, 0.15) is 0 Å². The molecule has 0 aliphatic carbocycles. The summed E-state index contributed by atoms with van der Waals surface area (Å²) in [6, 6.07) is 3.17. The number of aromatic nitrogens is 2. The number of hydrogen-bond acceptors (Lipinski definition) is 9. The molecule has 10 nitrogen and oxygen atoms in total. The van der Waals surface area contributed by atoms with Crippen molar-refractivity contribution in [3.8, 4) is 17.2 Å². The molecule has 3 N–H and O–H groups in total. The first-order chi connectivity index (χ1) is 11.0. The van der Waals surface area contributed by atoms with Crippen LogP contribution >= 0.6 is 0 Å². The van der Waals surface area contributed by atoms with Gasteiger partial charge in [-0.2, -0.15) is 4.98 Å². The zero-order valence-electron chi connectivity index (χ0n) is 12.7. The molecule has 0 spiro atoms. The molecule has 0 atom stereocenters. The number of nitrogens with one attached hydrogen (secondary N) is 1. The van der Waals surface area contributed by atoms with E-state index in [1.54, 1.807) is 12.1 Å². The summed E-state index contributed by atoms with van der Waals surface area (Å²) in [4.78, 5) is 17.9. The minimum absolute atomic E-state index is 0.0447. The van der Waals surface area contributed by atoms with E-state index in [0.29, 0.717) is 22.9 Å². The zero-order valence-corrected chi connectivity index (χ0v) is 12.7. The van der Waals surface area contributed by atoms with E-state index >= 15 is 0 Å². The van der Waals surface area contributed by atoms with E-state index in [0.717, 1.165) is 6.20 Å². The van der Waals surface area contributed by atoms with Gasteiger partial charge in [-0.05, 0) is 0 Å². The first kappa shape index (κ1) is 16.1. The first-order valence-electron chi connectivity index (χ1n) is 6.34. The first-order valence-corrected chi connectivity index (χ1v) is 6.34. The van der Waals surface area contributed by atoms with Crippen molar-refractivity contribution in [3.63, 3.8) is 0 Å². The minimum Gasteiger partial charge on any atom is -0.493 e. The molecule has 0 amide bonds. The van der Waals surface area contributed by atoms with Crippen molar-refractivity contribution in [1.82, 2.24) is 9.97 Å². The number of rotatable bonds is 6. The fourth-order valence-corrected chi connectivity index (χ4v) is 1.90. The molecule has 0 fully saturated rings. The standard InChI is InChI=1S/C13H15N5O5/c1-21-9-4-7(5-10(22-2)11(9)23-3)16-12-8(18(19)20)6-15-13(14)17-12/h4-6H,1-3H3,(H3,14,15,16,17). The molecule has 0 aliphatic heterocycles. The predicted molar refractivity (Wildman–Crippen MR) is 82.5 cm³/mol. The van der Waals surface area contributed by atoms with Crippen molar-refractivity contribution in [2.45, 2.75) is 0 Å². The average Bonchev–Trinajstić information content (AvgIpc) is 2.53. The van der Waals surface area contributed by atoms with Gasteiger partial charge in [-0.15, -0.1) is 0 Å². The lowest BCUT2D eigenvalue weighted by molar-refractivity contribution is -0.384. The monoisotopic (exact) mass is 321 g/mol. The Balaban J connectivity index is 2.48. The highest BCUT2D eigenvalue weighted by molar-refractivity contribution is 5.70. The highest BCUT2D eigenvalue weighted by Gasteiger charge is 2.19. The Morgan fingerprint density at radius 1 is 1.17 bits per heavy atom. The minimum atomic E-state index is -0.611. The number of hydrogen-bond donors (Lipinski definition) is 2. The number of methoxy groups -OCH3 is 3. The van der Waals surface area contributed by atoms with Gasteiger partial charge in [0.25, 0.3) is 0 Å². The molecule has 122 valence electrons. The van der Waals surface area contributed by atoms with E-state index in [2.05, 4.69) is 15.3 Å². The summed E-state index contributed by atoms with van der Waals surface area (Å²) in [5.74, 6) is 1.04. The summed E-state index contributed by atoms with van der Waals surface area (Å²) in [5, 5.41) is 13.9. The molecule has 0 radical (unpaired) electrons. The van der Waals surface area contributed by atoms with Crippen molar-refractivity contribution in [1.29, 1.82) is 0 Å². The predicted octanol–water partition coefficient (Wildman–Crippen LogP) is 1.74. The van der Waals surface area contributed by atoms with Crippen LogP contribution < -0.4 is 25.3 Å². The molecule has 1 aromatic carbocycles. The van der Waals surface area contributed by atoms with Crippen LogP contribution in [0, 0.1) is 10.1 Å². The molecule has 0 bridgehead atoms. The number of nitrogen functional groups attached to an aromatic ring is 1. The second-order valence-electron chi connectivity index (χ2n) is 4.26. The Labute approximate surface area is 131 Å². The smallest absolute Gasteiger partial charge is 0.329 e. The van der Waals surface area contributed by atoms with Crippen LogP contribution in [0.4, 0.5) is 23.1 Å². The SMILES string of the molecule is COc1cc(Nc2nc(N)ncc2[N+](=O)[O-])cc(OC)c1OC. The Morgan fingerprint density at radius 2 is 1.78 bits per heavy atom. The Hall–Kier alpha value is -3.30. The Morgan fingerprint density at radius 3 is 2.26 bits per heavy atom. The van der Waals surface area contributed by atoms with Crippen molar-refractivity contribution < 1.29 is 19.1 Å². The van der Waals surface area contributed by atoms with Crippen LogP contribution in [0.15, 0.2) is 18.3 Å². The van der Waals surface area contributed by atoms with Crippen LogP contribution in [0.3, 0.4) is 0 Å². The average molecular weight is 321 g/mol. The number of benzene rings is 1. The van der Waals surface area contributed by atoms with Gasteiger partial charge in [-0.25, -0.2) is 4.98 Å². The van der Waals surface area contributed by atoms with E-state index in [1.165, 1.54) is 21.3 Å². The van der Waals surface area contributed by atoms with E-state index in [4.69, 9.17) is 19.9 Å². The van der Waals surface area contributed by atoms with Gasteiger partial charge >= 0.3 is 5.69 Å². The third kappa shape index (κ3) is 3.31. The van der Waals surface area contributed by atoms with Gasteiger partial charge in [0.15, 0.2) is 11.5 Å². The quantitative estimate of drug-likeness (QED) is 0.602. The number of ether oxygens (including phenoxy) is 3. The normalized spacial score (nSPS) is 10.0. The van der Waals surface area contributed by atoms with Gasteiger partial charge < -0.3 is 25.3 Å². The van der Waals surface area contributed by atoms with Crippen LogP contribution in [0.5, 0.6) is 17.2 Å². The van der Waals surface area contributed by atoms with Crippen molar-refractivity contribution in [2.24, 2.45) is 0 Å². The van der Waals surface area contributed by atoms with Gasteiger partial charge in [0.05, 0.1) is 26.3 Å². The summed E-state index contributed by atoms with van der Waals surface area (Å²) < 4.78 is 15.7. The maximum Gasteiger partial charge on any atom is 0.329 e. The second kappa shape index (κ2) is 6.64. The Bertz CT molecular complexity index is 712. The zero-order chi connectivity index (χ0) is 17.0. The van der Waals surface area contributed by atoms with Crippen molar-refractivity contribution >= 4 is 23.1 Å². The molecule has 0 saturated carbocycles. The van der Waals surface area contributed by atoms with Gasteiger partial charge in [-0.1, -0.05) is 0 Å². The lowest BCUT2D eigenvalue weighted by Crippen LogP contribution is -2.04. The molecule has 10 heteroatoms. The summed E-state index contributed by atoms with van der Waals surface area (Å²) in [6.45, 7) is 0. The van der Waals surface area contributed by atoms with E-state index in [-0.39, 0.29) is 17.5 Å². The molecule has 1 aromatic heterocycles. The molecule has 2 rings (SSSR count). The third-order valence-electron chi connectivity index (χ3n) is 2.91. The maximum absolute atomic E-state index is 11.0. The summed E-state index contributed by atoms with van der Waals surface area (Å²) >= 11 is 0. The van der Waals surface area contributed by atoms with Crippen LogP contribution in [-0.2, 0) is 0 Å². The topological polar surface area (TPSA) is 135 Å². The highest BCUT2D eigenvalue weighted by Crippen LogP contribution is 2.41. The number of anilines is 3. The van der Waals surface area contributed by atoms with E-state index in [1.807, 2.05) is 0 Å². The molecular formula is C13H15N5O5. The number of nitrogens with two attached hydrogens (primary N) is 1. The third-order valence-corrected chi connectivity index (χ3v) is 2.91. The van der Waals surface area contributed by atoms with Crippen molar-refractivity contribution in [3.05, 3.63) is 28.4 Å². The maximum atomic E-state index is 11.0. The fourth-order valence-electron chi connectivity index (χ4n) is 1.90. The van der Waals surface area contributed by atoms with Crippen molar-refractivity contribution in [2.75, 3.05) is 32.4 Å². The van der Waals surface area contributed by atoms with Gasteiger partial charge in [0.1, 0.15) is 6.20 Å².